The van der Waals surface area contributed by atoms with Crippen molar-refractivity contribution in [2.75, 3.05) is 5.73 Å². The minimum absolute atomic E-state index is 0.714. The van der Waals surface area contributed by atoms with Crippen molar-refractivity contribution in [2.45, 2.75) is 0 Å². The molecule has 3 nitrogen and oxygen atoms in total. The molecule has 0 aliphatic heterocycles. The molecule has 0 saturated carbocycles. The molecule has 3 rings (SSSR count). The number of anilines is 1. The number of nitrogens with one attached hydrogen (secondary N) is 1. The van der Waals surface area contributed by atoms with E-state index in [-0.39, 0.29) is 0 Å². The van der Waals surface area contributed by atoms with E-state index in [1.165, 1.54) is 0 Å². The molecule has 15 heavy (non-hydrogen) atoms. The monoisotopic (exact) mass is 215 g/mol. The smallest absolute Gasteiger partial charge is 0.148 e. The summed E-state index contributed by atoms with van der Waals surface area (Å²) in [5.74, 6) is 0.887. The van der Waals surface area contributed by atoms with Crippen molar-refractivity contribution in [3.8, 4) is 10.7 Å². The maximum absolute atomic E-state index is 5.84. The van der Waals surface area contributed by atoms with Crippen LogP contribution in [0.5, 0.6) is 0 Å². The van der Waals surface area contributed by atoms with Crippen molar-refractivity contribution < 1.29 is 0 Å². The molecule has 0 aliphatic carbocycles. The van der Waals surface area contributed by atoms with Crippen LogP contribution in [0.2, 0.25) is 0 Å². The van der Waals surface area contributed by atoms with E-state index < -0.39 is 0 Å². The summed E-state index contributed by atoms with van der Waals surface area (Å²) in [6, 6.07) is 9.82. The van der Waals surface area contributed by atoms with Gasteiger partial charge in [0.15, 0.2) is 0 Å². The first-order chi connectivity index (χ1) is 7.34. The van der Waals surface area contributed by atoms with Crippen LogP contribution in [-0.4, -0.2) is 9.97 Å². The van der Waals surface area contributed by atoms with Crippen LogP contribution in [0.25, 0.3) is 21.7 Å². The molecule has 4 heteroatoms. The second-order valence-corrected chi connectivity index (χ2v) is 4.25. The molecule has 0 spiro atoms. The summed E-state index contributed by atoms with van der Waals surface area (Å²) in [6.45, 7) is 0. The lowest BCUT2D eigenvalue weighted by Gasteiger charge is -1.90. The van der Waals surface area contributed by atoms with Crippen LogP contribution < -0.4 is 5.73 Å². The minimum Gasteiger partial charge on any atom is -0.397 e. The van der Waals surface area contributed by atoms with E-state index in [0.29, 0.717) is 5.69 Å². The molecule has 3 N–H and O–H groups in total. The average Bonchev–Trinajstić information content (AvgIpc) is 2.86. The zero-order valence-corrected chi connectivity index (χ0v) is 8.71. The minimum atomic E-state index is 0.714. The quantitative estimate of drug-likeness (QED) is 0.613. The van der Waals surface area contributed by atoms with Crippen LogP contribution in [0.4, 0.5) is 5.69 Å². The molecule has 0 radical (unpaired) electrons. The van der Waals surface area contributed by atoms with E-state index in [1.807, 2.05) is 35.7 Å². The van der Waals surface area contributed by atoms with Gasteiger partial charge in [0.25, 0.3) is 0 Å². The number of benzene rings is 1. The van der Waals surface area contributed by atoms with Crippen LogP contribution in [0.1, 0.15) is 0 Å². The van der Waals surface area contributed by atoms with Gasteiger partial charge in [-0.1, -0.05) is 12.1 Å². The maximum atomic E-state index is 5.84. The number of para-hydroxylation sites is 1. The number of nitrogens with zero attached hydrogens (tertiary/aromatic N) is 1. The van der Waals surface area contributed by atoms with Gasteiger partial charge in [-0.15, -0.1) is 11.3 Å². The number of hydrogen-bond donors (Lipinski definition) is 2. The lowest BCUT2D eigenvalue weighted by molar-refractivity contribution is 1.36. The third-order valence-electron chi connectivity index (χ3n) is 2.30. The third kappa shape index (κ3) is 1.30. The normalized spacial score (nSPS) is 10.9. The highest BCUT2D eigenvalue weighted by atomic mass is 32.1. The molecule has 1 aromatic carbocycles. The molecule has 0 atom stereocenters. The van der Waals surface area contributed by atoms with E-state index >= 15 is 0 Å². The molecule has 74 valence electrons. The van der Waals surface area contributed by atoms with Gasteiger partial charge >= 0.3 is 0 Å². The van der Waals surface area contributed by atoms with E-state index in [2.05, 4.69) is 9.97 Å². The number of nitrogen functional groups attached to an aromatic ring is 1. The fourth-order valence-corrected chi connectivity index (χ4v) is 2.25. The summed E-state index contributed by atoms with van der Waals surface area (Å²) in [5, 5.41) is 2.03. The van der Waals surface area contributed by atoms with Gasteiger partial charge in [-0.3, -0.25) is 0 Å². The number of thiophene rings is 1. The maximum Gasteiger partial charge on any atom is 0.148 e. The third-order valence-corrected chi connectivity index (χ3v) is 3.18. The average molecular weight is 215 g/mol. The summed E-state index contributed by atoms with van der Waals surface area (Å²) in [4.78, 5) is 8.87. The van der Waals surface area contributed by atoms with Crippen LogP contribution in [0.15, 0.2) is 35.7 Å². The van der Waals surface area contributed by atoms with Crippen molar-refractivity contribution in [1.29, 1.82) is 0 Å². The van der Waals surface area contributed by atoms with Gasteiger partial charge in [0, 0.05) is 0 Å². The highest BCUT2D eigenvalue weighted by Crippen LogP contribution is 2.26. The zero-order chi connectivity index (χ0) is 10.3. The van der Waals surface area contributed by atoms with Gasteiger partial charge in [-0.25, -0.2) is 4.98 Å². The SMILES string of the molecule is Nc1cccc2[nH]c(-c3cccs3)nc12. The van der Waals surface area contributed by atoms with E-state index in [1.54, 1.807) is 11.3 Å². The Labute approximate surface area is 90.6 Å². The molecular formula is C11H9N3S. The summed E-state index contributed by atoms with van der Waals surface area (Å²) in [6.07, 6.45) is 0. The van der Waals surface area contributed by atoms with Crippen LogP contribution in [0, 0.1) is 0 Å². The van der Waals surface area contributed by atoms with Crippen molar-refractivity contribution in [3.63, 3.8) is 0 Å². The number of imidazole rings is 1. The largest absolute Gasteiger partial charge is 0.397 e. The predicted octanol–water partition coefficient (Wildman–Crippen LogP) is 2.87. The number of aromatic nitrogens is 2. The van der Waals surface area contributed by atoms with Crippen LogP contribution >= 0.6 is 11.3 Å². The fourth-order valence-electron chi connectivity index (χ4n) is 1.58. The second kappa shape index (κ2) is 3.10. The molecule has 2 heterocycles. The van der Waals surface area contributed by atoms with Crippen molar-refractivity contribution in [3.05, 3.63) is 35.7 Å². The van der Waals surface area contributed by atoms with Crippen molar-refractivity contribution >= 4 is 28.1 Å². The van der Waals surface area contributed by atoms with E-state index in [4.69, 9.17) is 5.73 Å². The standard InChI is InChI=1S/C11H9N3S/c12-7-3-1-4-8-10(7)14-11(13-8)9-5-2-6-15-9/h1-6H,12H2,(H,13,14). The van der Waals surface area contributed by atoms with Gasteiger partial charge in [-0.2, -0.15) is 0 Å². The summed E-state index contributed by atoms with van der Waals surface area (Å²) >= 11 is 1.66. The molecular weight excluding hydrogens is 206 g/mol. The second-order valence-electron chi connectivity index (χ2n) is 3.31. The first-order valence-corrected chi connectivity index (χ1v) is 5.50. The molecule has 2 aromatic heterocycles. The lowest BCUT2D eigenvalue weighted by atomic mass is 10.3. The van der Waals surface area contributed by atoms with E-state index in [9.17, 15) is 0 Å². The summed E-state index contributed by atoms with van der Waals surface area (Å²) in [7, 11) is 0. The Morgan fingerprint density at radius 1 is 1.20 bits per heavy atom. The first-order valence-electron chi connectivity index (χ1n) is 4.63. The Kier molecular flexibility index (Phi) is 1.76. The molecule has 0 saturated heterocycles. The number of aromatic amines is 1. The van der Waals surface area contributed by atoms with Crippen LogP contribution in [0.3, 0.4) is 0 Å². The highest BCUT2D eigenvalue weighted by Gasteiger charge is 2.07. The van der Waals surface area contributed by atoms with Gasteiger partial charge < -0.3 is 10.7 Å². The number of hydrogen-bond acceptors (Lipinski definition) is 3. The van der Waals surface area contributed by atoms with Gasteiger partial charge in [-0.05, 0) is 23.6 Å². The van der Waals surface area contributed by atoms with Crippen molar-refractivity contribution in [1.82, 2.24) is 9.97 Å². The zero-order valence-electron chi connectivity index (χ0n) is 7.90. The van der Waals surface area contributed by atoms with Crippen molar-refractivity contribution in [2.24, 2.45) is 0 Å². The number of H-pyrrole nitrogens is 1. The topological polar surface area (TPSA) is 54.7 Å². The molecule has 0 fully saturated rings. The lowest BCUT2D eigenvalue weighted by Crippen LogP contribution is -1.84. The Morgan fingerprint density at radius 2 is 2.13 bits per heavy atom. The Bertz CT molecular complexity index is 595. The van der Waals surface area contributed by atoms with Gasteiger partial charge in [0.2, 0.25) is 0 Å². The molecule has 0 amide bonds. The fraction of sp³-hybridized carbons (Fsp3) is 0. The number of nitrogens with two attached hydrogens (primary N) is 1. The number of rotatable bonds is 1. The molecule has 3 aromatic rings. The van der Waals surface area contributed by atoms with E-state index in [0.717, 1.165) is 21.7 Å². The number of fused-ring (bicyclic) bond motifs is 1. The molecule has 0 aliphatic rings. The Hall–Kier alpha value is -1.81. The predicted molar refractivity (Wildman–Crippen MR) is 63.8 cm³/mol. The Balaban J connectivity index is 2.27. The summed E-state index contributed by atoms with van der Waals surface area (Å²) < 4.78 is 0. The van der Waals surface area contributed by atoms with Gasteiger partial charge in [0.1, 0.15) is 11.3 Å². The first kappa shape index (κ1) is 8.49. The van der Waals surface area contributed by atoms with Gasteiger partial charge in [0.05, 0.1) is 16.1 Å². The van der Waals surface area contributed by atoms with Crippen LogP contribution in [-0.2, 0) is 0 Å². The highest BCUT2D eigenvalue weighted by molar-refractivity contribution is 7.13. The molecule has 0 unspecified atom stereocenters. The Morgan fingerprint density at radius 3 is 2.87 bits per heavy atom. The molecule has 0 bridgehead atoms. The summed E-state index contributed by atoms with van der Waals surface area (Å²) in [5.41, 5.74) is 8.39.